The minimum absolute atomic E-state index is 0.0890. The van der Waals surface area contributed by atoms with Crippen molar-refractivity contribution in [3.8, 4) is 11.5 Å². The molecular weight excluding hydrogens is 460 g/mol. The molecule has 176 valence electrons. The summed E-state index contributed by atoms with van der Waals surface area (Å²) in [4.78, 5) is 14.8. The second kappa shape index (κ2) is 10.9. The van der Waals surface area contributed by atoms with E-state index in [1.54, 1.807) is 38.3 Å². The molecule has 3 rings (SSSR count). The fourth-order valence-corrected chi connectivity index (χ4v) is 5.34. The van der Waals surface area contributed by atoms with E-state index in [0.29, 0.717) is 29.6 Å². The maximum absolute atomic E-state index is 12.9. The number of ether oxygens (including phenoxy) is 2. The van der Waals surface area contributed by atoms with E-state index < -0.39 is 10.0 Å². The van der Waals surface area contributed by atoms with Crippen LogP contribution < -0.4 is 9.47 Å². The summed E-state index contributed by atoms with van der Waals surface area (Å²) in [6, 6.07) is 11.9. The predicted molar refractivity (Wildman–Crippen MR) is 132 cm³/mol. The van der Waals surface area contributed by atoms with Crippen LogP contribution in [0.3, 0.4) is 0 Å². The Labute approximate surface area is 199 Å². The first-order valence-electron chi connectivity index (χ1n) is 10.7. The molecule has 0 spiro atoms. The van der Waals surface area contributed by atoms with E-state index in [1.807, 2.05) is 19.1 Å². The summed E-state index contributed by atoms with van der Waals surface area (Å²) in [6.45, 7) is 6.62. The van der Waals surface area contributed by atoms with Gasteiger partial charge in [0.2, 0.25) is 0 Å². The van der Waals surface area contributed by atoms with Gasteiger partial charge in [0, 0.05) is 6.54 Å². The Balaban J connectivity index is 1.91. The molecule has 1 amide bonds. The molecule has 0 aromatic heterocycles. The van der Waals surface area contributed by atoms with E-state index in [9.17, 15) is 13.2 Å². The van der Waals surface area contributed by atoms with Crippen LogP contribution in [-0.4, -0.2) is 44.7 Å². The molecule has 0 radical (unpaired) electrons. The van der Waals surface area contributed by atoms with Gasteiger partial charge < -0.3 is 9.47 Å². The van der Waals surface area contributed by atoms with Gasteiger partial charge in [-0.3, -0.25) is 9.69 Å². The zero-order chi connectivity index (χ0) is 24.0. The molecule has 7 nitrogen and oxygen atoms in total. The fourth-order valence-electron chi connectivity index (χ4n) is 3.09. The molecule has 0 unspecified atom stereocenters. The van der Waals surface area contributed by atoms with Crippen LogP contribution in [0.1, 0.15) is 37.8 Å². The van der Waals surface area contributed by atoms with Crippen LogP contribution in [-0.2, 0) is 14.8 Å². The third-order valence-electron chi connectivity index (χ3n) is 4.96. The average Bonchev–Trinajstić information content (AvgIpc) is 3.07. The number of sulfonamides is 1. The number of hydrogen-bond donors (Lipinski definition) is 0. The lowest BCUT2D eigenvalue weighted by Gasteiger charge is -2.12. The van der Waals surface area contributed by atoms with Crippen LogP contribution in [0.15, 0.2) is 56.7 Å². The highest BCUT2D eigenvalue weighted by atomic mass is 32.2. The van der Waals surface area contributed by atoms with Gasteiger partial charge in [-0.15, -0.1) is 4.40 Å². The second-order valence-electron chi connectivity index (χ2n) is 7.43. The standard InChI is InChI=1S/C24H28N2O5S2/c1-5-7-14-31-21-15-18(10-13-20(21)30-4)16-22-23(27)26(6-2)24(32-22)25-33(28,29)19-11-8-17(3)9-12-19/h8-13,15-16H,5-7,14H2,1-4H3/b22-16-,25-24+. The molecule has 0 aliphatic carbocycles. The van der Waals surface area contributed by atoms with E-state index in [0.717, 1.165) is 35.7 Å². The summed E-state index contributed by atoms with van der Waals surface area (Å²) < 4.78 is 40.7. The van der Waals surface area contributed by atoms with Gasteiger partial charge in [-0.1, -0.05) is 37.1 Å². The van der Waals surface area contributed by atoms with Crippen LogP contribution >= 0.6 is 11.8 Å². The molecule has 0 N–H and O–H groups in total. The monoisotopic (exact) mass is 488 g/mol. The SMILES string of the molecule is CCCCOc1cc(/C=C2\S/C(=N/S(=O)(=O)c3ccc(C)cc3)N(CC)C2=O)ccc1OC. The number of carbonyl (C=O) groups is 1. The van der Waals surface area contributed by atoms with Gasteiger partial charge in [-0.2, -0.15) is 8.42 Å². The van der Waals surface area contributed by atoms with Crippen molar-refractivity contribution in [1.82, 2.24) is 4.90 Å². The third kappa shape index (κ3) is 5.97. The van der Waals surface area contributed by atoms with E-state index in [-0.39, 0.29) is 16.0 Å². The van der Waals surface area contributed by atoms with Gasteiger partial charge in [0.25, 0.3) is 15.9 Å². The molecule has 2 aromatic rings. The zero-order valence-electron chi connectivity index (χ0n) is 19.2. The van der Waals surface area contributed by atoms with E-state index in [4.69, 9.17) is 9.47 Å². The summed E-state index contributed by atoms with van der Waals surface area (Å²) in [5.74, 6) is 0.920. The van der Waals surface area contributed by atoms with Crippen molar-refractivity contribution in [3.63, 3.8) is 0 Å². The summed E-state index contributed by atoms with van der Waals surface area (Å²) >= 11 is 1.04. The molecule has 1 aliphatic heterocycles. The summed E-state index contributed by atoms with van der Waals surface area (Å²) in [7, 11) is -2.37. The molecular formula is C24H28N2O5S2. The number of carbonyl (C=O) groups excluding carboxylic acids is 1. The first kappa shape index (κ1) is 24.9. The molecule has 1 fully saturated rings. The van der Waals surface area contributed by atoms with Crippen LogP contribution in [0.2, 0.25) is 0 Å². The smallest absolute Gasteiger partial charge is 0.284 e. The van der Waals surface area contributed by atoms with Gasteiger partial charge >= 0.3 is 0 Å². The second-order valence-corrected chi connectivity index (χ2v) is 10.0. The molecule has 33 heavy (non-hydrogen) atoms. The Hall–Kier alpha value is -2.78. The highest BCUT2D eigenvalue weighted by Gasteiger charge is 2.34. The van der Waals surface area contributed by atoms with E-state index in [1.165, 1.54) is 17.0 Å². The minimum atomic E-state index is -3.94. The van der Waals surface area contributed by atoms with Crippen LogP contribution in [0.25, 0.3) is 6.08 Å². The highest BCUT2D eigenvalue weighted by Crippen LogP contribution is 2.35. The highest BCUT2D eigenvalue weighted by molar-refractivity contribution is 8.19. The van der Waals surface area contributed by atoms with Gasteiger partial charge in [-0.05, 0) is 67.9 Å². The van der Waals surface area contributed by atoms with Crippen molar-refractivity contribution in [3.05, 3.63) is 58.5 Å². The lowest BCUT2D eigenvalue weighted by Crippen LogP contribution is -2.29. The largest absolute Gasteiger partial charge is 0.493 e. The number of thioether (sulfide) groups is 1. The van der Waals surface area contributed by atoms with Crippen molar-refractivity contribution in [1.29, 1.82) is 0 Å². The number of benzene rings is 2. The Bertz CT molecular complexity index is 1170. The number of rotatable bonds is 9. The van der Waals surface area contributed by atoms with Crippen molar-refractivity contribution < 1.29 is 22.7 Å². The molecule has 9 heteroatoms. The number of nitrogens with zero attached hydrogens (tertiary/aromatic N) is 2. The van der Waals surface area contributed by atoms with Gasteiger partial charge in [0.1, 0.15) is 0 Å². The Kier molecular flexibility index (Phi) is 8.20. The average molecular weight is 489 g/mol. The van der Waals surface area contributed by atoms with Gasteiger partial charge in [0.05, 0.1) is 23.5 Å². The van der Waals surface area contributed by atoms with Crippen molar-refractivity contribution in [2.24, 2.45) is 4.40 Å². The topological polar surface area (TPSA) is 85.3 Å². The van der Waals surface area contributed by atoms with Crippen LogP contribution in [0.5, 0.6) is 11.5 Å². The predicted octanol–water partition coefficient (Wildman–Crippen LogP) is 4.86. The molecule has 2 aromatic carbocycles. The van der Waals surface area contributed by atoms with Gasteiger partial charge in [-0.25, -0.2) is 0 Å². The first-order chi connectivity index (χ1) is 15.8. The number of amidine groups is 1. The molecule has 1 saturated heterocycles. The quantitative estimate of drug-likeness (QED) is 0.370. The molecule has 0 saturated carbocycles. The van der Waals surface area contributed by atoms with E-state index in [2.05, 4.69) is 11.3 Å². The number of unbranched alkanes of at least 4 members (excludes halogenated alkanes) is 1. The third-order valence-corrected chi connectivity index (χ3v) is 7.37. The summed E-state index contributed by atoms with van der Waals surface area (Å²) in [5, 5.41) is 0.141. The lowest BCUT2D eigenvalue weighted by atomic mass is 10.2. The number of hydrogen-bond acceptors (Lipinski definition) is 6. The maximum atomic E-state index is 12.9. The Morgan fingerprint density at radius 2 is 1.82 bits per heavy atom. The first-order valence-corrected chi connectivity index (χ1v) is 13.0. The summed E-state index contributed by atoms with van der Waals surface area (Å²) in [5.41, 5.74) is 1.70. The molecule has 1 heterocycles. The van der Waals surface area contributed by atoms with Crippen molar-refractivity contribution in [2.45, 2.75) is 38.5 Å². The number of amides is 1. The molecule has 0 atom stereocenters. The molecule has 0 bridgehead atoms. The molecule has 1 aliphatic rings. The number of aryl methyl sites for hydroxylation is 1. The Morgan fingerprint density at radius 1 is 1.09 bits per heavy atom. The lowest BCUT2D eigenvalue weighted by molar-refractivity contribution is -0.122. The van der Waals surface area contributed by atoms with Gasteiger partial charge in [0.15, 0.2) is 16.7 Å². The van der Waals surface area contributed by atoms with Crippen molar-refractivity contribution >= 4 is 38.9 Å². The summed E-state index contributed by atoms with van der Waals surface area (Å²) in [6.07, 6.45) is 3.64. The maximum Gasteiger partial charge on any atom is 0.284 e. The zero-order valence-corrected chi connectivity index (χ0v) is 20.8. The van der Waals surface area contributed by atoms with Crippen LogP contribution in [0, 0.1) is 6.92 Å². The normalized spacial score (nSPS) is 16.6. The van der Waals surface area contributed by atoms with Crippen LogP contribution in [0.4, 0.5) is 0 Å². The number of methoxy groups -OCH3 is 1. The van der Waals surface area contributed by atoms with Crippen molar-refractivity contribution in [2.75, 3.05) is 20.3 Å². The number of likely N-dealkylation sites (N-methyl/N-ethyl adjacent to an activating group) is 1. The Morgan fingerprint density at radius 3 is 2.45 bits per heavy atom. The van der Waals surface area contributed by atoms with E-state index >= 15 is 0 Å². The minimum Gasteiger partial charge on any atom is -0.493 e. The fraction of sp³-hybridized carbons (Fsp3) is 0.333.